The average Bonchev–Trinajstić information content (AvgIpc) is 2.52. The predicted molar refractivity (Wildman–Crippen MR) is 86.5 cm³/mol. The molecule has 22 heavy (non-hydrogen) atoms. The van der Waals surface area contributed by atoms with Crippen LogP contribution in [-0.2, 0) is 4.79 Å². The lowest BCUT2D eigenvalue weighted by Gasteiger charge is -2.07. The highest BCUT2D eigenvalue weighted by molar-refractivity contribution is 6.29. The van der Waals surface area contributed by atoms with Gasteiger partial charge in [-0.15, -0.1) is 0 Å². The Morgan fingerprint density at radius 1 is 1.23 bits per heavy atom. The summed E-state index contributed by atoms with van der Waals surface area (Å²) in [6, 6.07) is 8.57. The standard InChI is InChI=1S/C16H15ClN2O3/c1-21-13-4-5-14(22-2)11(9-13)3-6-16(20)19-12-7-8-18-15(17)10-12/h3-10H,1-2H3,(H,18,19,20)/b6-3+. The van der Waals surface area contributed by atoms with E-state index in [4.69, 9.17) is 21.1 Å². The second-order valence-corrected chi connectivity index (χ2v) is 4.68. The number of carbonyl (C=O) groups is 1. The Morgan fingerprint density at radius 2 is 2.05 bits per heavy atom. The van der Waals surface area contributed by atoms with Crippen LogP contribution in [0.1, 0.15) is 5.56 Å². The Bertz CT molecular complexity index is 702. The summed E-state index contributed by atoms with van der Waals surface area (Å²) in [6.45, 7) is 0. The molecule has 1 amide bonds. The van der Waals surface area contributed by atoms with Crippen LogP contribution in [0.2, 0.25) is 5.15 Å². The first-order valence-electron chi connectivity index (χ1n) is 6.45. The number of anilines is 1. The van der Waals surface area contributed by atoms with Gasteiger partial charge in [-0.3, -0.25) is 4.79 Å². The number of rotatable bonds is 5. The highest BCUT2D eigenvalue weighted by Gasteiger charge is 2.04. The summed E-state index contributed by atoms with van der Waals surface area (Å²) in [6.07, 6.45) is 4.58. The molecule has 114 valence electrons. The van der Waals surface area contributed by atoms with Crippen LogP contribution < -0.4 is 14.8 Å². The predicted octanol–water partition coefficient (Wildman–Crippen LogP) is 3.40. The van der Waals surface area contributed by atoms with Crippen molar-refractivity contribution in [1.29, 1.82) is 0 Å². The van der Waals surface area contributed by atoms with Crippen LogP contribution in [0.4, 0.5) is 5.69 Å². The molecule has 2 aromatic rings. The maximum absolute atomic E-state index is 11.9. The Morgan fingerprint density at radius 3 is 2.73 bits per heavy atom. The zero-order chi connectivity index (χ0) is 15.9. The minimum atomic E-state index is -0.285. The van der Waals surface area contributed by atoms with Gasteiger partial charge in [0.1, 0.15) is 16.7 Å². The number of nitrogens with one attached hydrogen (secondary N) is 1. The van der Waals surface area contributed by atoms with Crippen molar-refractivity contribution in [2.75, 3.05) is 19.5 Å². The van der Waals surface area contributed by atoms with Crippen molar-refractivity contribution in [3.05, 3.63) is 53.3 Å². The topological polar surface area (TPSA) is 60.5 Å². The third kappa shape index (κ3) is 4.23. The molecule has 0 unspecified atom stereocenters. The van der Waals surface area contributed by atoms with Crippen LogP contribution in [-0.4, -0.2) is 25.1 Å². The van der Waals surface area contributed by atoms with E-state index in [1.807, 2.05) is 0 Å². The van der Waals surface area contributed by atoms with Crippen molar-refractivity contribution >= 4 is 29.3 Å². The van der Waals surface area contributed by atoms with Crippen LogP contribution in [0.3, 0.4) is 0 Å². The first-order chi connectivity index (χ1) is 10.6. The molecule has 0 radical (unpaired) electrons. The lowest BCUT2D eigenvalue weighted by Crippen LogP contribution is -2.07. The average molecular weight is 319 g/mol. The molecule has 1 N–H and O–H groups in total. The van der Waals surface area contributed by atoms with Crippen LogP contribution in [0.15, 0.2) is 42.6 Å². The molecule has 0 aliphatic carbocycles. The summed E-state index contributed by atoms with van der Waals surface area (Å²) in [4.78, 5) is 15.8. The summed E-state index contributed by atoms with van der Waals surface area (Å²) in [5.41, 5.74) is 1.32. The van der Waals surface area contributed by atoms with E-state index in [0.717, 1.165) is 5.56 Å². The molecule has 1 heterocycles. The van der Waals surface area contributed by atoms with Gasteiger partial charge in [-0.1, -0.05) is 11.6 Å². The van der Waals surface area contributed by atoms with Gasteiger partial charge in [0.2, 0.25) is 5.91 Å². The molecule has 0 atom stereocenters. The highest BCUT2D eigenvalue weighted by Crippen LogP contribution is 2.25. The van der Waals surface area contributed by atoms with E-state index < -0.39 is 0 Å². The normalized spacial score (nSPS) is 10.5. The van der Waals surface area contributed by atoms with E-state index in [2.05, 4.69) is 10.3 Å². The number of pyridine rings is 1. The molecule has 0 spiro atoms. The summed E-state index contributed by atoms with van der Waals surface area (Å²) in [5, 5.41) is 3.01. The van der Waals surface area contributed by atoms with Crippen LogP contribution in [0.25, 0.3) is 6.08 Å². The molecule has 1 aromatic heterocycles. The molecule has 0 fully saturated rings. The number of hydrogen-bond acceptors (Lipinski definition) is 4. The summed E-state index contributed by atoms with van der Waals surface area (Å²) >= 11 is 5.76. The van der Waals surface area contributed by atoms with E-state index in [1.165, 1.54) is 12.3 Å². The monoisotopic (exact) mass is 318 g/mol. The second kappa shape index (κ2) is 7.47. The smallest absolute Gasteiger partial charge is 0.248 e. The number of hydrogen-bond donors (Lipinski definition) is 1. The van der Waals surface area contributed by atoms with E-state index in [0.29, 0.717) is 22.3 Å². The number of aromatic nitrogens is 1. The van der Waals surface area contributed by atoms with E-state index in [1.54, 1.807) is 50.6 Å². The fourth-order valence-electron chi connectivity index (χ4n) is 1.80. The van der Waals surface area contributed by atoms with Crippen molar-refractivity contribution in [3.8, 4) is 11.5 Å². The van der Waals surface area contributed by atoms with Gasteiger partial charge >= 0.3 is 0 Å². The largest absolute Gasteiger partial charge is 0.497 e. The number of ether oxygens (including phenoxy) is 2. The molecule has 0 bridgehead atoms. The molecule has 0 saturated heterocycles. The van der Waals surface area contributed by atoms with Crippen LogP contribution in [0, 0.1) is 0 Å². The van der Waals surface area contributed by atoms with Gasteiger partial charge in [0.25, 0.3) is 0 Å². The van der Waals surface area contributed by atoms with Gasteiger partial charge in [-0.2, -0.15) is 0 Å². The fraction of sp³-hybridized carbons (Fsp3) is 0.125. The number of methoxy groups -OCH3 is 2. The Kier molecular flexibility index (Phi) is 5.38. The van der Waals surface area contributed by atoms with Crippen LogP contribution >= 0.6 is 11.6 Å². The molecule has 0 saturated carbocycles. The van der Waals surface area contributed by atoms with Crippen LogP contribution in [0.5, 0.6) is 11.5 Å². The van der Waals surface area contributed by atoms with Crippen molar-refractivity contribution in [3.63, 3.8) is 0 Å². The van der Waals surface area contributed by atoms with Gasteiger partial charge < -0.3 is 14.8 Å². The zero-order valence-corrected chi connectivity index (χ0v) is 12.9. The number of benzene rings is 1. The maximum Gasteiger partial charge on any atom is 0.248 e. The first-order valence-corrected chi connectivity index (χ1v) is 6.83. The summed E-state index contributed by atoms with van der Waals surface area (Å²) < 4.78 is 10.4. The quantitative estimate of drug-likeness (QED) is 0.678. The maximum atomic E-state index is 11.9. The van der Waals surface area contributed by atoms with Gasteiger partial charge in [0, 0.05) is 23.5 Å². The third-order valence-electron chi connectivity index (χ3n) is 2.85. The number of carbonyl (C=O) groups excluding carboxylic acids is 1. The Balaban J connectivity index is 2.12. The SMILES string of the molecule is COc1ccc(OC)c(/C=C/C(=O)Nc2ccnc(Cl)c2)c1. The highest BCUT2D eigenvalue weighted by atomic mass is 35.5. The number of nitrogens with zero attached hydrogens (tertiary/aromatic N) is 1. The first kappa shape index (κ1) is 15.9. The summed E-state index contributed by atoms with van der Waals surface area (Å²) in [7, 11) is 3.15. The molecule has 1 aromatic carbocycles. The lowest BCUT2D eigenvalue weighted by molar-refractivity contribution is -0.111. The molecule has 0 aliphatic heterocycles. The van der Waals surface area contributed by atoms with E-state index >= 15 is 0 Å². The van der Waals surface area contributed by atoms with E-state index in [9.17, 15) is 4.79 Å². The van der Waals surface area contributed by atoms with Gasteiger partial charge in [-0.25, -0.2) is 4.98 Å². The van der Waals surface area contributed by atoms with Gasteiger partial charge in [-0.05, 0) is 36.4 Å². The summed E-state index contributed by atoms with van der Waals surface area (Å²) in [5.74, 6) is 1.05. The molecular weight excluding hydrogens is 304 g/mol. The van der Waals surface area contributed by atoms with Gasteiger partial charge in [0.05, 0.1) is 14.2 Å². The minimum Gasteiger partial charge on any atom is -0.497 e. The Labute approximate surface area is 133 Å². The van der Waals surface area contributed by atoms with Crippen molar-refractivity contribution in [2.24, 2.45) is 0 Å². The fourth-order valence-corrected chi connectivity index (χ4v) is 1.97. The number of halogens is 1. The molecule has 2 rings (SSSR count). The van der Waals surface area contributed by atoms with Gasteiger partial charge in [0.15, 0.2) is 0 Å². The molecular formula is C16H15ClN2O3. The minimum absolute atomic E-state index is 0.285. The van der Waals surface area contributed by atoms with Crippen molar-refractivity contribution in [1.82, 2.24) is 4.98 Å². The molecule has 5 nitrogen and oxygen atoms in total. The second-order valence-electron chi connectivity index (χ2n) is 4.30. The number of amides is 1. The van der Waals surface area contributed by atoms with E-state index in [-0.39, 0.29) is 5.91 Å². The molecule has 6 heteroatoms. The third-order valence-corrected chi connectivity index (χ3v) is 3.05. The lowest BCUT2D eigenvalue weighted by atomic mass is 10.1. The zero-order valence-electron chi connectivity index (χ0n) is 12.2. The van der Waals surface area contributed by atoms with Crippen molar-refractivity contribution < 1.29 is 14.3 Å². The van der Waals surface area contributed by atoms with Crippen molar-refractivity contribution in [2.45, 2.75) is 0 Å². The Hall–Kier alpha value is -2.53. The molecule has 0 aliphatic rings.